The molecule has 0 spiro atoms. The highest BCUT2D eigenvalue weighted by Crippen LogP contribution is 2.36. The molecule has 3 aromatic rings. The Balaban J connectivity index is 2.58. The molecule has 0 aliphatic heterocycles. The predicted octanol–water partition coefficient (Wildman–Crippen LogP) is 5.33. The molecule has 4 heteroatoms. The lowest BCUT2D eigenvalue weighted by Crippen LogP contribution is -1.63. The topological polar surface area (TPSA) is 0 Å². The van der Waals surface area contributed by atoms with Crippen LogP contribution in [0.3, 0.4) is 0 Å². The monoisotopic (exact) mass is 442 g/mol. The van der Waals surface area contributed by atoms with Gasteiger partial charge in [0.25, 0.3) is 0 Å². The zero-order valence-electron chi connectivity index (χ0n) is 6.88. The number of thiophene rings is 2. The Morgan fingerprint density at radius 2 is 1.21 bits per heavy atom. The summed E-state index contributed by atoms with van der Waals surface area (Å²) < 4.78 is 5.53. The van der Waals surface area contributed by atoms with Crippen LogP contribution in [0, 0.1) is 5.77 Å². The number of hydrogen-bond acceptors (Lipinski definition) is 2. The van der Waals surface area contributed by atoms with E-state index in [4.69, 9.17) is 0 Å². The second-order valence-electron chi connectivity index (χ2n) is 2.99. The normalized spacial score (nSPS) is 11.6. The number of fused-ring (bicyclic) bond motifs is 3. The molecule has 0 amide bonds. The van der Waals surface area contributed by atoms with Crippen molar-refractivity contribution in [1.82, 2.24) is 0 Å². The maximum atomic E-state index is 2.39. The van der Waals surface area contributed by atoms with Crippen molar-refractivity contribution in [3.63, 3.8) is 0 Å². The van der Waals surface area contributed by atoms with Crippen molar-refractivity contribution < 1.29 is 0 Å². The van der Waals surface area contributed by atoms with E-state index >= 15 is 0 Å². The molecular formula is C10H4I2S2. The Kier molecular flexibility index (Phi) is 2.50. The first-order valence-corrected chi connectivity index (χ1v) is 7.80. The smallest absolute Gasteiger partial charge is 0.0666 e. The van der Waals surface area contributed by atoms with Crippen LogP contribution >= 0.6 is 67.9 Å². The number of hydrogen-bond donors (Lipinski definition) is 0. The third-order valence-electron chi connectivity index (χ3n) is 2.14. The van der Waals surface area contributed by atoms with E-state index in [9.17, 15) is 0 Å². The van der Waals surface area contributed by atoms with Crippen LogP contribution in [-0.4, -0.2) is 0 Å². The van der Waals surface area contributed by atoms with Crippen molar-refractivity contribution >= 4 is 88.0 Å². The van der Waals surface area contributed by atoms with Crippen molar-refractivity contribution in [2.75, 3.05) is 0 Å². The molecule has 2 aromatic heterocycles. The Morgan fingerprint density at radius 1 is 0.786 bits per heavy atom. The second kappa shape index (κ2) is 3.57. The summed E-state index contributed by atoms with van der Waals surface area (Å²) in [6.07, 6.45) is 0. The van der Waals surface area contributed by atoms with Crippen LogP contribution in [0.5, 0.6) is 0 Å². The minimum Gasteiger partial charge on any atom is -0.129 e. The van der Waals surface area contributed by atoms with Gasteiger partial charge in [0.15, 0.2) is 0 Å². The molecule has 0 unspecified atom stereocenters. The Morgan fingerprint density at radius 3 is 1.64 bits per heavy atom. The first-order chi connectivity index (χ1) is 6.74. The molecule has 0 saturated carbocycles. The van der Waals surface area contributed by atoms with Gasteiger partial charge in [-0.3, -0.25) is 0 Å². The largest absolute Gasteiger partial charge is 0.129 e. The van der Waals surface area contributed by atoms with Gasteiger partial charge in [-0.25, -0.2) is 0 Å². The van der Waals surface area contributed by atoms with E-state index in [1.807, 2.05) is 22.7 Å². The van der Waals surface area contributed by atoms with Crippen LogP contribution < -0.4 is 0 Å². The van der Waals surface area contributed by atoms with Crippen LogP contribution in [0.4, 0.5) is 0 Å². The highest BCUT2D eigenvalue weighted by atomic mass is 127. The molecule has 3 rings (SSSR count). The Hall–Kier alpha value is 0.600. The van der Waals surface area contributed by atoms with Gasteiger partial charge in [-0.2, -0.15) is 0 Å². The lowest BCUT2D eigenvalue weighted by atomic mass is 10.2. The molecule has 0 N–H and O–H groups in total. The van der Waals surface area contributed by atoms with Gasteiger partial charge >= 0.3 is 0 Å². The average molecular weight is 442 g/mol. The van der Waals surface area contributed by atoms with Crippen LogP contribution in [0.15, 0.2) is 24.3 Å². The minimum absolute atomic E-state index is 1.37. The van der Waals surface area contributed by atoms with E-state index in [2.05, 4.69) is 69.4 Å². The molecule has 0 radical (unpaired) electrons. The molecule has 0 atom stereocenters. The Labute approximate surface area is 117 Å². The molecule has 70 valence electrons. The molecule has 1 aromatic carbocycles. The van der Waals surface area contributed by atoms with E-state index in [-0.39, 0.29) is 0 Å². The SMILES string of the molecule is Ic1cc2c(ccc3sc(I)cc32)s1. The van der Waals surface area contributed by atoms with Gasteiger partial charge in [-0.15, -0.1) is 22.7 Å². The zero-order chi connectivity index (χ0) is 9.71. The zero-order valence-corrected chi connectivity index (χ0v) is 12.8. The summed E-state index contributed by atoms with van der Waals surface area (Å²) in [6, 6.07) is 9.03. The number of benzene rings is 1. The predicted molar refractivity (Wildman–Crippen MR) is 82.6 cm³/mol. The van der Waals surface area contributed by atoms with Gasteiger partial charge in [0, 0.05) is 20.2 Å². The van der Waals surface area contributed by atoms with Crippen molar-refractivity contribution in [2.24, 2.45) is 0 Å². The lowest BCUT2D eigenvalue weighted by Gasteiger charge is -1.90. The van der Waals surface area contributed by atoms with Crippen LogP contribution in [0.25, 0.3) is 20.2 Å². The maximum absolute atomic E-state index is 2.39. The first kappa shape index (κ1) is 9.80. The van der Waals surface area contributed by atoms with Gasteiger partial charge in [-0.1, -0.05) is 0 Å². The van der Waals surface area contributed by atoms with E-state index in [1.165, 1.54) is 25.9 Å². The maximum Gasteiger partial charge on any atom is 0.0666 e. The molecule has 0 aliphatic carbocycles. The third-order valence-corrected chi connectivity index (χ3v) is 5.86. The van der Waals surface area contributed by atoms with Gasteiger partial charge in [0.1, 0.15) is 0 Å². The summed E-state index contributed by atoms with van der Waals surface area (Å²) >= 11 is 8.52. The van der Waals surface area contributed by atoms with E-state index in [0.717, 1.165) is 0 Å². The summed E-state index contributed by atoms with van der Waals surface area (Å²) in [5.74, 6) is 0. The standard InChI is InChI=1S/C10H4I2S2/c11-9-3-5-6-4-10(12)14-8(6)2-1-7(5)13-9/h1-4H. The average Bonchev–Trinajstić information content (AvgIpc) is 2.65. The van der Waals surface area contributed by atoms with Crippen LogP contribution in [0.2, 0.25) is 0 Å². The van der Waals surface area contributed by atoms with E-state index in [1.54, 1.807) is 0 Å². The fourth-order valence-corrected chi connectivity index (χ4v) is 5.22. The molecule has 0 fully saturated rings. The fourth-order valence-electron chi connectivity index (χ4n) is 1.57. The van der Waals surface area contributed by atoms with E-state index in [0.29, 0.717) is 0 Å². The summed E-state index contributed by atoms with van der Waals surface area (Å²) in [6.45, 7) is 0. The van der Waals surface area contributed by atoms with Crippen molar-refractivity contribution in [1.29, 1.82) is 0 Å². The minimum atomic E-state index is 1.37. The summed E-state index contributed by atoms with van der Waals surface area (Å²) in [5.41, 5.74) is 0. The van der Waals surface area contributed by atoms with Crippen molar-refractivity contribution in [3.05, 3.63) is 30.0 Å². The third kappa shape index (κ3) is 1.50. The van der Waals surface area contributed by atoms with Crippen molar-refractivity contribution in [2.45, 2.75) is 0 Å². The molecule has 14 heavy (non-hydrogen) atoms. The quantitative estimate of drug-likeness (QED) is 0.414. The molecule has 0 nitrogen and oxygen atoms in total. The molecular weight excluding hydrogens is 438 g/mol. The first-order valence-electron chi connectivity index (χ1n) is 4.01. The van der Waals surface area contributed by atoms with Gasteiger partial charge < -0.3 is 0 Å². The molecule has 0 bridgehead atoms. The molecule has 0 aliphatic rings. The van der Waals surface area contributed by atoms with E-state index < -0.39 is 0 Å². The number of rotatable bonds is 0. The van der Waals surface area contributed by atoms with Crippen LogP contribution in [-0.2, 0) is 0 Å². The second-order valence-corrected chi connectivity index (χ2v) is 8.95. The Bertz CT molecular complexity index is 566. The van der Waals surface area contributed by atoms with Gasteiger partial charge in [-0.05, 0) is 69.4 Å². The highest BCUT2D eigenvalue weighted by Gasteiger charge is 2.06. The summed E-state index contributed by atoms with van der Waals surface area (Å²) in [4.78, 5) is 0. The highest BCUT2D eigenvalue weighted by molar-refractivity contribution is 14.1. The summed E-state index contributed by atoms with van der Waals surface area (Å²) in [5, 5.41) is 2.83. The lowest BCUT2D eigenvalue weighted by molar-refractivity contribution is 1.99. The van der Waals surface area contributed by atoms with Gasteiger partial charge in [0.2, 0.25) is 0 Å². The fraction of sp³-hybridized carbons (Fsp3) is 0. The van der Waals surface area contributed by atoms with Gasteiger partial charge in [0.05, 0.1) is 5.77 Å². The van der Waals surface area contributed by atoms with Crippen molar-refractivity contribution in [3.8, 4) is 0 Å². The molecule has 2 heterocycles. The summed E-state index contributed by atoms with van der Waals surface area (Å²) in [7, 11) is 0. The number of halogens is 2. The van der Waals surface area contributed by atoms with Crippen LogP contribution in [0.1, 0.15) is 0 Å². The molecule has 0 saturated heterocycles.